The number of ether oxygens (including phenoxy) is 1. The highest BCUT2D eigenvalue weighted by atomic mass is 35.5. The average molecular weight is 369 g/mol. The highest BCUT2D eigenvalue weighted by molar-refractivity contribution is 6.31. The van der Waals surface area contributed by atoms with Crippen LogP contribution in [0.4, 0.5) is 11.5 Å². The third-order valence-corrected chi connectivity index (χ3v) is 4.01. The molecule has 1 aromatic heterocycles. The summed E-state index contributed by atoms with van der Waals surface area (Å²) in [7, 11) is 1.61. The molecule has 0 spiro atoms. The standard InChI is InChI=1S/C19H17ClN4O2/c1-26-15-8-6-14(7-9-15)24-18-12-21-17(11-22-18)19(25)23-10-13-4-2-3-5-16(13)20/h2-9,11-12H,10H2,1H3,(H,22,24)(H,23,25). The van der Waals surface area contributed by atoms with Crippen LogP contribution in [0.5, 0.6) is 5.75 Å². The first-order valence-corrected chi connectivity index (χ1v) is 8.28. The number of nitrogens with zero attached hydrogens (tertiary/aromatic N) is 2. The van der Waals surface area contributed by atoms with Crippen molar-refractivity contribution in [2.75, 3.05) is 12.4 Å². The number of carbonyl (C=O) groups excluding carboxylic acids is 1. The maximum Gasteiger partial charge on any atom is 0.271 e. The molecule has 3 aromatic rings. The Morgan fingerprint density at radius 1 is 1.08 bits per heavy atom. The summed E-state index contributed by atoms with van der Waals surface area (Å²) < 4.78 is 5.12. The van der Waals surface area contributed by atoms with E-state index in [1.54, 1.807) is 13.2 Å². The molecule has 6 nitrogen and oxygen atoms in total. The van der Waals surface area contributed by atoms with Crippen LogP contribution in [0.25, 0.3) is 0 Å². The van der Waals surface area contributed by atoms with Crippen molar-refractivity contribution in [2.45, 2.75) is 6.54 Å². The fourth-order valence-corrected chi connectivity index (χ4v) is 2.44. The van der Waals surface area contributed by atoms with Crippen LogP contribution < -0.4 is 15.4 Å². The fraction of sp³-hybridized carbons (Fsp3) is 0.105. The van der Waals surface area contributed by atoms with Gasteiger partial charge in [-0.1, -0.05) is 29.8 Å². The van der Waals surface area contributed by atoms with Crippen molar-refractivity contribution in [2.24, 2.45) is 0 Å². The highest BCUT2D eigenvalue weighted by Gasteiger charge is 2.09. The quantitative estimate of drug-likeness (QED) is 0.691. The van der Waals surface area contributed by atoms with E-state index >= 15 is 0 Å². The lowest BCUT2D eigenvalue weighted by Crippen LogP contribution is -2.24. The molecule has 0 aliphatic carbocycles. The van der Waals surface area contributed by atoms with Gasteiger partial charge in [0.2, 0.25) is 0 Å². The van der Waals surface area contributed by atoms with E-state index in [0.29, 0.717) is 17.4 Å². The normalized spacial score (nSPS) is 10.2. The summed E-state index contributed by atoms with van der Waals surface area (Å²) in [6.07, 6.45) is 2.93. The van der Waals surface area contributed by atoms with Crippen LogP contribution in [-0.2, 0) is 6.54 Å². The van der Waals surface area contributed by atoms with Gasteiger partial charge in [-0.15, -0.1) is 0 Å². The van der Waals surface area contributed by atoms with Crippen molar-refractivity contribution in [1.29, 1.82) is 0 Å². The summed E-state index contributed by atoms with van der Waals surface area (Å²) in [6.45, 7) is 0.325. The molecule has 0 saturated heterocycles. The molecule has 1 amide bonds. The van der Waals surface area contributed by atoms with Crippen LogP contribution >= 0.6 is 11.6 Å². The maximum absolute atomic E-state index is 12.2. The molecule has 2 N–H and O–H groups in total. The van der Waals surface area contributed by atoms with Gasteiger partial charge in [0.25, 0.3) is 5.91 Å². The molecule has 0 aliphatic heterocycles. The fourth-order valence-electron chi connectivity index (χ4n) is 2.24. The summed E-state index contributed by atoms with van der Waals surface area (Å²) in [5.41, 5.74) is 1.92. The van der Waals surface area contributed by atoms with E-state index in [9.17, 15) is 4.79 Å². The largest absolute Gasteiger partial charge is 0.497 e. The first-order valence-electron chi connectivity index (χ1n) is 7.90. The Balaban J connectivity index is 1.59. The predicted molar refractivity (Wildman–Crippen MR) is 101 cm³/mol. The first kappa shape index (κ1) is 17.7. The second kappa shape index (κ2) is 8.31. The van der Waals surface area contributed by atoms with Gasteiger partial charge in [-0.2, -0.15) is 0 Å². The molecule has 0 aliphatic rings. The molecule has 132 valence electrons. The Labute approximate surface area is 156 Å². The van der Waals surface area contributed by atoms with E-state index in [-0.39, 0.29) is 11.6 Å². The van der Waals surface area contributed by atoms with Gasteiger partial charge >= 0.3 is 0 Å². The van der Waals surface area contributed by atoms with Crippen molar-refractivity contribution in [3.8, 4) is 5.75 Å². The summed E-state index contributed by atoms with van der Waals surface area (Å²) >= 11 is 6.08. The topological polar surface area (TPSA) is 76.1 Å². The molecule has 0 saturated carbocycles. The minimum absolute atomic E-state index is 0.234. The van der Waals surface area contributed by atoms with Crippen molar-refractivity contribution in [1.82, 2.24) is 15.3 Å². The number of halogens is 1. The Kier molecular flexibility index (Phi) is 5.66. The lowest BCUT2D eigenvalue weighted by atomic mass is 10.2. The van der Waals surface area contributed by atoms with Gasteiger partial charge in [0.05, 0.1) is 19.5 Å². The SMILES string of the molecule is COc1ccc(Nc2cnc(C(=O)NCc3ccccc3Cl)cn2)cc1. The van der Waals surface area contributed by atoms with Gasteiger partial charge in [0.1, 0.15) is 17.3 Å². The molecule has 1 heterocycles. The van der Waals surface area contributed by atoms with E-state index in [2.05, 4.69) is 20.6 Å². The zero-order valence-electron chi connectivity index (χ0n) is 14.1. The number of anilines is 2. The van der Waals surface area contributed by atoms with Gasteiger partial charge in [-0.25, -0.2) is 9.97 Å². The zero-order chi connectivity index (χ0) is 18.4. The number of benzene rings is 2. The van der Waals surface area contributed by atoms with E-state index in [1.807, 2.05) is 42.5 Å². The van der Waals surface area contributed by atoms with Gasteiger partial charge in [0.15, 0.2) is 0 Å². The van der Waals surface area contributed by atoms with Gasteiger partial charge in [0, 0.05) is 17.3 Å². The third-order valence-electron chi connectivity index (χ3n) is 3.64. The number of aromatic nitrogens is 2. The minimum atomic E-state index is -0.312. The first-order chi connectivity index (χ1) is 12.7. The number of methoxy groups -OCH3 is 1. The van der Waals surface area contributed by atoms with Crippen LogP contribution in [0.3, 0.4) is 0 Å². The zero-order valence-corrected chi connectivity index (χ0v) is 14.8. The number of hydrogen-bond acceptors (Lipinski definition) is 5. The maximum atomic E-state index is 12.2. The Hall–Kier alpha value is -3.12. The van der Waals surface area contributed by atoms with Crippen LogP contribution in [0.1, 0.15) is 16.1 Å². The average Bonchev–Trinajstić information content (AvgIpc) is 2.68. The third kappa shape index (κ3) is 4.49. The Morgan fingerprint density at radius 3 is 2.50 bits per heavy atom. The molecule has 3 rings (SSSR count). The lowest BCUT2D eigenvalue weighted by molar-refractivity contribution is 0.0945. The number of amides is 1. The highest BCUT2D eigenvalue weighted by Crippen LogP contribution is 2.18. The van der Waals surface area contributed by atoms with E-state index in [4.69, 9.17) is 16.3 Å². The second-order valence-corrected chi connectivity index (χ2v) is 5.82. The molecule has 26 heavy (non-hydrogen) atoms. The molecule has 0 atom stereocenters. The molecule has 0 fully saturated rings. The summed E-state index contributed by atoms with van der Waals surface area (Å²) in [4.78, 5) is 20.5. The Bertz CT molecular complexity index is 883. The van der Waals surface area contributed by atoms with Crippen LogP contribution in [-0.4, -0.2) is 23.0 Å². The summed E-state index contributed by atoms with van der Waals surface area (Å²) in [5, 5.41) is 6.50. The lowest BCUT2D eigenvalue weighted by Gasteiger charge is -2.08. The number of rotatable bonds is 6. The molecule has 0 radical (unpaired) electrons. The predicted octanol–water partition coefficient (Wildman–Crippen LogP) is 3.81. The second-order valence-electron chi connectivity index (χ2n) is 5.41. The van der Waals surface area contributed by atoms with Gasteiger partial charge in [-0.05, 0) is 35.9 Å². The molecule has 0 unspecified atom stereocenters. The molecule has 7 heteroatoms. The number of carbonyl (C=O) groups is 1. The van der Waals surface area contributed by atoms with Crippen LogP contribution in [0.15, 0.2) is 60.9 Å². The Morgan fingerprint density at radius 2 is 1.85 bits per heavy atom. The molecular weight excluding hydrogens is 352 g/mol. The van der Waals surface area contributed by atoms with Crippen molar-refractivity contribution >= 4 is 29.0 Å². The molecule has 0 bridgehead atoms. The monoisotopic (exact) mass is 368 g/mol. The van der Waals surface area contributed by atoms with Crippen LogP contribution in [0.2, 0.25) is 5.02 Å². The van der Waals surface area contributed by atoms with Gasteiger partial charge < -0.3 is 15.4 Å². The van der Waals surface area contributed by atoms with Crippen LogP contribution in [0, 0.1) is 0 Å². The van der Waals surface area contributed by atoms with E-state index in [1.165, 1.54) is 12.4 Å². The number of hydrogen-bond donors (Lipinski definition) is 2. The molecular formula is C19H17ClN4O2. The van der Waals surface area contributed by atoms with Crippen molar-refractivity contribution in [3.63, 3.8) is 0 Å². The van der Waals surface area contributed by atoms with E-state index in [0.717, 1.165) is 17.0 Å². The van der Waals surface area contributed by atoms with Crippen molar-refractivity contribution < 1.29 is 9.53 Å². The van der Waals surface area contributed by atoms with Gasteiger partial charge in [-0.3, -0.25) is 4.79 Å². The minimum Gasteiger partial charge on any atom is -0.497 e. The summed E-state index contributed by atoms with van der Waals surface area (Å²) in [5.74, 6) is 0.999. The van der Waals surface area contributed by atoms with E-state index < -0.39 is 0 Å². The van der Waals surface area contributed by atoms with Crippen molar-refractivity contribution in [3.05, 3.63) is 77.2 Å². The smallest absolute Gasteiger partial charge is 0.271 e. The number of nitrogens with one attached hydrogen (secondary N) is 2. The molecule has 2 aromatic carbocycles. The summed E-state index contributed by atoms with van der Waals surface area (Å²) in [6, 6.07) is 14.8.